The minimum atomic E-state index is -0.903. The molecule has 0 radical (unpaired) electrons. The third-order valence-electron chi connectivity index (χ3n) is 4.34. The Hall–Kier alpha value is -4.26. The number of ether oxygens (including phenoxy) is 2. The normalized spacial score (nSPS) is 24.6. The third kappa shape index (κ3) is 6.12. The van der Waals surface area contributed by atoms with Crippen molar-refractivity contribution in [2.45, 2.75) is 6.42 Å². The van der Waals surface area contributed by atoms with Crippen molar-refractivity contribution in [3.05, 3.63) is 108 Å². The van der Waals surface area contributed by atoms with E-state index in [1.807, 2.05) is 0 Å². The van der Waals surface area contributed by atoms with Crippen LogP contribution in [0.5, 0.6) is 0 Å². The number of ketones is 2. The zero-order chi connectivity index (χ0) is 22.8. The zero-order valence-electron chi connectivity index (χ0n) is 17.2. The Balaban J connectivity index is 1.85. The predicted octanol–water partition coefficient (Wildman–Crippen LogP) is 2.93. The molecule has 7 nitrogen and oxygen atoms in total. The number of carbonyl (C=O) groups is 4. The summed E-state index contributed by atoms with van der Waals surface area (Å²) in [5.74, 6) is -2.50. The van der Waals surface area contributed by atoms with Gasteiger partial charge in [0.15, 0.2) is 11.5 Å². The number of esters is 1. The van der Waals surface area contributed by atoms with E-state index in [2.05, 4.69) is 0 Å². The van der Waals surface area contributed by atoms with Gasteiger partial charge < -0.3 is 9.47 Å². The predicted molar refractivity (Wildman–Crippen MR) is 117 cm³/mol. The monoisotopic (exact) mass is 431 g/mol. The minimum absolute atomic E-state index is 0.0151. The summed E-state index contributed by atoms with van der Waals surface area (Å²) < 4.78 is 10.7. The Morgan fingerprint density at radius 3 is 2.44 bits per heavy atom. The van der Waals surface area contributed by atoms with Crippen LogP contribution in [-0.4, -0.2) is 41.5 Å². The molecule has 0 saturated heterocycles. The largest absolute Gasteiger partial charge is 0.461 e. The molecular formula is C25H21NO6. The number of hydrogen-bond donors (Lipinski definition) is 0. The summed E-state index contributed by atoms with van der Waals surface area (Å²) in [7, 11) is 0. The van der Waals surface area contributed by atoms with Crippen LogP contribution in [-0.2, 0) is 28.7 Å². The fourth-order valence-electron chi connectivity index (χ4n) is 2.79. The van der Waals surface area contributed by atoms with E-state index in [4.69, 9.17) is 9.47 Å². The fourth-order valence-corrected chi connectivity index (χ4v) is 2.79. The summed E-state index contributed by atoms with van der Waals surface area (Å²) in [6, 6.07) is 0. The van der Waals surface area contributed by atoms with Crippen molar-refractivity contribution in [1.82, 2.24) is 4.90 Å². The second-order valence-electron chi connectivity index (χ2n) is 6.64. The van der Waals surface area contributed by atoms with Gasteiger partial charge in [0.25, 0.3) is 5.78 Å². The number of cyclic esters (lactones) is 1. The van der Waals surface area contributed by atoms with Crippen molar-refractivity contribution in [3.63, 3.8) is 0 Å². The Morgan fingerprint density at radius 1 is 0.750 bits per heavy atom. The number of nitrogens with zero attached hydrogens (tertiary/aromatic N) is 1. The van der Waals surface area contributed by atoms with E-state index in [1.54, 1.807) is 66.8 Å². The first kappa shape index (κ1) is 22.4. The molecule has 0 N–H and O–H groups in total. The maximum atomic E-state index is 12.8. The Kier molecular flexibility index (Phi) is 7.86. The van der Waals surface area contributed by atoms with Gasteiger partial charge in [-0.2, -0.15) is 0 Å². The van der Waals surface area contributed by atoms with Crippen molar-refractivity contribution in [3.8, 4) is 0 Å². The molecule has 0 aromatic heterocycles. The number of fused-ring (bicyclic) bond motifs is 3. The van der Waals surface area contributed by atoms with Crippen LogP contribution in [0, 0.1) is 0 Å². The molecule has 1 amide bonds. The molecule has 0 aromatic rings. The van der Waals surface area contributed by atoms with Crippen LogP contribution in [0.2, 0.25) is 0 Å². The highest BCUT2D eigenvalue weighted by Crippen LogP contribution is 2.19. The van der Waals surface area contributed by atoms with Crippen molar-refractivity contribution < 1.29 is 28.7 Å². The lowest BCUT2D eigenvalue weighted by Gasteiger charge is -2.24. The number of Topliss-reactive ketones (excluding diaryl/α,β-unsaturated/α-hetero) is 1. The third-order valence-corrected chi connectivity index (χ3v) is 4.34. The molecule has 3 aliphatic heterocycles. The van der Waals surface area contributed by atoms with Gasteiger partial charge in [0.05, 0.1) is 6.61 Å². The molecule has 7 heteroatoms. The van der Waals surface area contributed by atoms with Crippen LogP contribution in [0.4, 0.5) is 0 Å². The SMILES string of the molecule is O=C1C=CCCOC(=O)C2=CC=CCN2C(=O)C(=O)C2=CC=C\C(=C/C=C\C=C\C=C\1)O2. The van der Waals surface area contributed by atoms with E-state index in [0.29, 0.717) is 12.2 Å². The Bertz CT molecular complexity index is 1080. The highest BCUT2D eigenvalue weighted by atomic mass is 16.5. The fraction of sp³-hybridized carbons (Fsp3) is 0.120. The molecule has 0 saturated carbocycles. The summed E-state index contributed by atoms with van der Waals surface area (Å²) in [6.07, 6.45) is 24.1. The standard InChI is InChI=1S/C25H21NO6/c27-19-11-4-2-1-3-5-13-20-14-10-16-22(32-20)23(28)24(29)26-17-8-6-15-21(26)25(30)31-18-9-7-12-19/h1-8,10-16H,9,17-18H2/b2-1+,5-3-,11-4+,12-7?,20-13+. The van der Waals surface area contributed by atoms with Gasteiger partial charge in [-0.25, -0.2) is 4.79 Å². The van der Waals surface area contributed by atoms with Crippen molar-refractivity contribution in [2.24, 2.45) is 0 Å². The van der Waals surface area contributed by atoms with Gasteiger partial charge in [-0.3, -0.25) is 19.3 Å². The lowest BCUT2D eigenvalue weighted by molar-refractivity contribution is -0.147. The van der Waals surface area contributed by atoms with Crippen molar-refractivity contribution in [1.29, 1.82) is 0 Å². The molecule has 162 valence electrons. The maximum Gasteiger partial charge on any atom is 0.355 e. The van der Waals surface area contributed by atoms with E-state index < -0.39 is 17.7 Å². The van der Waals surface area contributed by atoms with Crippen molar-refractivity contribution >= 4 is 23.4 Å². The average Bonchev–Trinajstić information content (AvgIpc) is 2.81. The molecule has 32 heavy (non-hydrogen) atoms. The second-order valence-corrected chi connectivity index (χ2v) is 6.64. The van der Waals surface area contributed by atoms with Crippen LogP contribution < -0.4 is 0 Å². The van der Waals surface area contributed by atoms with Gasteiger partial charge in [-0.05, 0) is 42.9 Å². The van der Waals surface area contributed by atoms with Gasteiger partial charge >= 0.3 is 11.9 Å². The number of rotatable bonds is 0. The van der Waals surface area contributed by atoms with Crippen LogP contribution in [0.1, 0.15) is 6.42 Å². The quantitative estimate of drug-likeness (QED) is 0.433. The number of allylic oxidation sites excluding steroid dienone is 13. The van der Waals surface area contributed by atoms with Gasteiger partial charge in [-0.1, -0.05) is 54.7 Å². The summed E-state index contributed by atoms with van der Waals surface area (Å²) in [6.45, 7) is 0.0639. The smallest absolute Gasteiger partial charge is 0.355 e. The van der Waals surface area contributed by atoms with Crippen LogP contribution >= 0.6 is 0 Å². The highest BCUT2D eigenvalue weighted by molar-refractivity contribution is 6.42. The zero-order valence-corrected chi connectivity index (χ0v) is 17.2. The van der Waals surface area contributed by atoms with Crippen LogP contribution in [0.15, 0.2) is 108 Å². The number of amides is 1. The molecular weight excluding hydrogens is 410 g/mol. The molecule has 2 bridgehead atoms. The molecule has 3 aliphatic rings. The first-order valence-corrected chi connectivity index (χ1v) is 9.95. The molecule has 0 atom stereocenters. The highest BCUT2D eigenvalue weighted by Gasteiger charge is 2.32. The number of hydrogen-bond acceptors (Lipinski definition) is 6. The van der Waals surface area contributed by atoms with Gasteiger partial charge in [-0.15, -0.1) is 0 Å². The summed E-state index contributed by atoms with van der Waals surface area (Å²) in [5.41, 5.74) is -0.0449. The molecule has 0 aliphatic carbocycles. The topological polar surface area (TPSA) is 90.0 Å². The van der Waals surface area contributed by atoms with E-state index in [0.717, 1.165) is 4.90 Å². The first-order valence-electron chi connectivity index (χ1n) is 9.95. The molecule has 0 fully saturated rings. The molecule has 3 heterocycles. The summed E-state index contributed by atoms with van der Waals surface area (Å²) >= 11 is 0. The van der Waals surface area contributed by atoms with E-state index in [-0.39, 0.29) is 30.4 Å². The van der Waals surface area contributed by atoms with Crippen LogP contribution in [0.25, 0.3) is 0 Å². The summed E-state index contributed by atoms with van der Waals surface area (Å²) in [5, 5.41) is 0. The van der Waals surface area contributed by atoms with Gasteiger partial charge in [0.1, 0.15) is 11.5 Å². The molecule has 3 rings (SSSR count). The molecule has 0 aromatic carbocycles. The van der Waals surface area contributed by atoms with Gasteiger partial charge in [0.2, 0.25) is 0 Å². The number of carbonyl (C=O) groups excluding carboxylic acids is 4. The van der Waals surface area contributed by atoms with Crippen LogP contribution in [0.3, 0.4) is 0 Å². The average molecular weight is 431 g/mol. The molecule has 0 unspecified atom stereocenters. The minimum Gasteiger partial charge on any atom is -0.461 e. The maximum absolute atomic E-state index is 12.8. The van der Waals surface area contributed by atoms with Crippen molar-refractivity contribution in [2.75, 3.05) is 13.2 Å². The van der Waals surface area contributed by atoms with E-state index in [1.165, 1.54) is 24.3 Å². The van der Waals surface area contributed by atoms with E-state index >= 15 is 0 Å². The Morgan fingerprint density at radius 2 is 1.56 bits per heavy atom. The second kappa shape index (κ2) is 11.2. The van der Waals surface area contributed by atoms with E-state index in [9.17, 15) is 19.2 Å². The lowest BCUT2D eigenvalue weighted by Crippen LogP contribution is -2.41. The Labute approximate surface area is 185 Å². The first-order chi connectivity index (χ1) is 15.6. The van der Waals surface area contributed by atoms with Gasteiger partial charge in [0, 0.05) is 6.54 Å². The lowest BCUT2D eigenvalue weighted by atomic mass is 10.1. The summed E-state index contributed by atoms with van der Waals surface area (Å²) in [4.78, 5) is 50.9. The molecule has 0 spiro atoms.